The minimum absolute atomic E-state index is 0.0206. The van der Waals surface area contributed by atoms with Crippen molar-refractivity contribution in [2.75, 3.05) is 25.9 Å². The van der Waals surface area contributed by atoms with E-state index in [0.29, 0.717) is 32.5 Å². The van der Waals surface area contributed by atoms with Crippen molar-refractivity contribution in [3.63, 3.8) is 0 Å². The Balaban J connectivity index is 2.34. The Morgan fingerprint density at radius 2 is 1.90 bits per heavy atom. The highest BCUT2D eigenvalue weighted by Crippen LogP contribution is 2.19. The fraction of sp³-hybridized carbons (Fsp3) is 0.833. The first-order valence-corrected chi connectivity index (χ1v) is 8.49. The summed E-state index contributed by atoms with van der Waals surface area (Å²) < 4.78 is 24.1. The molecule has 0 aromatic rings. The van der Waals surface area contributed by atoms with Crippen LogP contribution in [0.5, 0.6) is 0 Å². The number of hydrogen-bond acceptors (Lipinski definition) is 4. The number of aliphatic carboxylic acids is 1. The highest BCUT2D eigenvalue weighted by atomic mass is 32.2. The van der Waals surface area contributed by atoms with Crippen LogP contribution in [0.1, 0.15) is 26.2 Å². The fourth-order valence-corrected chi connectivity index (χ4v) is 3.11. The van der Waals surface area contributed by atoms with Gasteiger partial charge in [-0.2, -0.15) is 0 Å². The number of hydrogen-bond donors (Lipinski definition) is 2. The lowest BCUT2D eigenvalue weighted by Crippen LogP contribution is -2.43. The Labute approximate surface area is 119 Å². The summed E-state index contributed by atoms with van der Waals surface area (Å²) in [6.07, 6.45) is 2.20. The summed E-state index contributed by atoms with van der Waals surface area (Å²) in [6.45, 7) is 2.82. The fourth-order valence-electron chi connectivity index (χ4n) is 2.24. The third-order valence-corrected chi connectivity index (χ3v) is 4.74. The lowest BCUT2D eigenvalue weighted by molar-refractivity contribution is -0.138. The molecule has 8 heteroatoms. The highest BCUT2D eigenvalue weighted by Gasteiger charge is 2.28. The maximum Gasteiger partial charge on any atom is 0.303 e. The lowest BCUT2D eigenvalue weighted by Gasteiger charge is -2.29. The van der Waals surface area contributed by atoms with Gasteiger partial charge in [0.25, 0.3) is 0 Å². The van der Waals surface area contributed by atoms with Gasteiger partial charge in [-0.3, -0.25) is 9.59 Å². The minimum Gasteiger partial charge on any atom is -0.481 e. The van der Waals surface area contributed by atoms with Crippen molar-refractivity contribution >= 4 is 21.9 Å². The van der Waals surface area contributed by atoms with E-state index in [0.717, 1.165) is 0 Å². The molecule has 1 aliphatic rings. The molecule has 1 fully saturated rings. The summed E-state index contributed by atoms with van der Waals surface area (Å²) in [5, 5.41) is 11.4. The van der Waals surface area contributed by atoms with Crippen molar-refractivity contribution in [1.29, 1.82) is 0 Å². The summed E-state index contributed by atoms with van der Waals surface area (Å²) in [7, 11) is -3.18. The monoisotopic (exact) mass is 306 g/mol. The van der Waals surface area contributed by atoms with Crippen LogP contribution in [0.25, 0.3) is 0 Å². The van der Waals surface area contributed by atoms with Crippen molar-refractivity contribution in [1.82, 2.24) is 9.62 Å². The van der Waals surface area contributed by atoms with Crippen molar-refractivity contribution in [3.8, 4) is 0 Å². The third kappa shape index (κ3) is 5.46. The van der Waals surface area contributed by atoms with E-state index in [9.17, 15) is 18.0 Å². The number of nitrogens with zero attached hydrogens (tertiary/aromatic N) is 1. The smallest absolute Gasteiger partial charge is 0.303 e. The van der Waals surface area contributed by atoms with E-state index in [2.05, 4.69) is 5.32 Å². The molecule has 1 amide bonds. The summed E-state index contributed by atoms with van der Waals surface area (Å²) in [4.78, 5) is 22.4. The predicted molar refractivity (Wildman–Crippen MR) is 73.6 cm³/mol. The van der Waals surface area contributed by atoms with Gasteiger partial charge in [-0.1, -0.05) is 6.92 Å². The summed E-state index contributed by atoms with van der Waals surface area (Å²) in [6, 6.07) is 0. The molecule has 1 atom stereocenters. The first kappa shape index (κ1) is 16.9. The van der Waals surface area contributed by atoms with E-state index < -0.39 is 16.0 Å². The zero-order valence-electron chi connectivity index (χ0n) is 11.8. The van der Waals surface area contributed by atoms with Crippen LogP contribution in [0.3, 0.4) is 0 Å². The first-order chi connectivity index (χ1) is 9.20. The first-order valence-electron chi connectivity index (χ1n) is 6.64. The number of rotatable bonds is 6. The number of carbonyl (C=O) groups is 2. The molecular weight excluding hydrogens is 284 g/mol. The molecule has 1 saturated heterocycles. The zero-order chi connectivity index (χ0) is 15.3. The average molecular weight is 306 g/mol. The van der Waals surface area contributed by atoms with Gasteiger partial charge in [0, 0.05) is 32.0 Å². The molecule has 1 unspecified atom stereocenters. The molecule has 0 aromatic carbocycles. The van der Waals surface area contributed by atoms with Crippen molar-refractivity contribution < 1.29 is 23.1 Å². The third-order valence-electron chi connectivity index (χ3n) is 3.44. The Hall–Kier alpha value is -1.15. The van der Waals surface area contributed by atoms with E-state index in [1.165, 1.54) is 10.6 Å². The molecule has 2 N–H and O–H groups in total. The molecular formula is C12H22N2O5S. The highest BCUT2D eigenvalue weighted by molar-refractivity contribution is 7.88. The van der Waals surface area contributed by atoms with Crippen LogP contribution in [0.15, 0.2) is 0 Å². The molecule has 0 aliphatic carbocycles. The standard InChI is InChI=1S/C12H22N2O5S/c1-9(7-11(15)16)8-13-12(17)10-3-5-14(6-4-10)20(2,18)19/h9-10H,3-8H2,1-2H3,(H,13,17)(H,15,16). The summed E-state index contributed by atoms with van der Waals surface area (Å²) >= 11 is 0. The van der Waals surface area contributed by atoms with Gasteiger partial charge in [0.05, 0.1) is 6.26 Å². The topological polar surface area (TPSA) is 104 Å². The second-order valence-electron chi connectivity index (χ2n) is 5.38. The maximum absolute atomic E-state index is 11.9. The van der Waals surface area contributed by atoms with Crippen LogP contribution in [0.4, 0.5) is 0 Å². The average Bonchev–Trinajstić information content (AvgIpc) is 2.34. The van der Waals surface area contributed by atoms with E-state index >= 15 is 0 Å². The Bertz CT molecular complexity index is 454. The quantitative estimate of drug-likeness (QED) is 0.712. The van der Waals surface area contributed by atoms with Gasteiger partial charge in [-0.25, -0.2) is 12.7 Å². The molecule has 7 nitrogen and oxygen atoms in total. The van der Waals surface area contributed by atoms with E-state index in [1.54, 1.807) is 6.92 Å². The van der Waals surface area contributed by atoms with Crippen LogP contribution in [-0.2, 0) is 19.6 Å². The second kappa shape index (κ2) is 7.03. The zero-order valence-corrected chi connectivity index (χ0v) is 12.6. The Morgan fingerprint density at radius 1 is 1.35 bits per heavy atom. The van der Waals surface area contributed by atoms with Gasteiger partial charge < -0.3 is 10.4 Å². The number of carboxylic acids is 1. The van der Waals surface area contributed by atoms with Gasteiger partial charge >= 0.3 is 5.97 Å². The minimum atomic E-state index is -3.18. The normalized spacial score (nSPS) is 19.5. The SMILES string of the molecule is CC(CNC(=O)C1CCN(S(C)(=O)=O)CC1)CC(=O)O. The summed E-state index contributed by atoms with van der Waals surface area (Å²) in [5.41, 5.74) is 0. The number of carbonyl (C=O) groups excluding carboxylic acids is 1. The molecule has 0 spiro atoms. The molecule has 1 rings (SSSR count). The van der Waals surface area contributed by atoms with Crippen LogP contribution in [0.2, 0.25) is 0 Å². The number of piperidine rings is 1. The van der Waals surface area contributed by atoms with E-state index in [1.807, 2.05) is 0 Å². The maximum atomic E-state index is 11.9. The molecule has 20 heavy (non-hydrogen) atoms. The van der Waals surface area contributed by atoms with Gasteiger partial charge in [-0.15, -0.1) is 0 Å². The van der Waals surface area contributed by atoms with Crippen molar-refractivity contribution in [2.45, 2.75) is 26.2 Å². The van der Waals surface area contributed by atoms with Crippen LogP contribution in [0, 0.1) is 11.8 Å². The van der Waals surface area contributed by atoms with Gasteiger partial charge in [0.2, 0.25) is 15.9 Å². The lowest BCUT2D eigenvalue weighted by atomic mass is 9.97. The molecule has 1 heterocycles. The van der Waals surface area contributed by atoms with Gasteiger partial charge in [-0.05, 0) is 18.8 Å². The van der Waals surface area contributed by atoms with Crippen molar-refractivity contribution in [3.05, 3.63) is 0 Å². The van der Waals surface area contributed by atoms with Gasteiger partial charge in [0.15, 0.2) is 0 Å². The molecule has 0 bridgehead atoms. The van der Waals surface area contributed by atoms with Crippen molar-refractivity contribution in [2.24, 2.45) is 11.8 Å². The largest absolute Gasteiger partial charge is 0.481 e. The number of amides is 1. The van der Waals surface area contributed by atoms with Crippen LogP contribution >= 0.6 is 0 Å². The number of carboxylic acid groups (broad SMARTS) is 1. The van der Waals surface area contributed by atoms with Crippen LogP contribution < -0.4 is 5.32 Å². The second-order valence-corrected chi connectivity index (χ2v) is 7.37. The number of nitrogens with one attached hydrogen (secondary N) is 1. The van der Waals surface area contributed by atoms with E-state index in [-0.39, 0.29) is 24.2 Å². The Morgan fingerprint density at radius 3 is 2.35 bits per heavy atom. The van der Waals surface area contributed by atoms with Crippen LogP contribution in [-0.4, -0.2) is 55.6 Å². The molecule has 0 radical (unpaired) electrons. The summed E-state index contributed by atoms with van der Waals surface area (Å²) in [5.74, 6) is -1.30. The molecule has 0 saturated carbocycles. The Kier molecular flexibility index (Phi) is 5.94. The van der Waals surface area contributed by atoms with E-state index in [4.69, 9.17) is 5.11 Å². The predicted octanol–water partition coefficient (Wildman–Crippen LogP) is -0.115. The molecule has 116 valence electrons. The number of sulfonamides is 1. The molecule has 0 aromatic heterocycles. The molecule has 1 aliphatic heterocycles. The van der Waals surface area contributed by atoms with Gasteiger partial charge in [0.1, 0.15) is 0 Å².